The smallest absolute Gasteiger partial charge is 0.255 e. The first-order valence-corrected chi connectivity index (χ1v) is 8.38. The van der Waals surface area contributed by atoms with Crippen LogP contribution in [0.15, 0.2) is 59.8 Å². The van der Waals surface area contributed by atoms with E-state index in [1.807, 2.05) is 0 Å². The Morgan fingerprint density at radius 3 is 2.73 bits per heavy atom. The van der Waals surface area contributed by atoms with Crippen LogP contribution in [0.5, 0.6) is 5.75 Å². The van der Waals surface area contributed by atoms with Gasteiger partial charge < -0.3 is 20.7 Å². The van der Waals surface area contributed by atoms with Gasteiger partial charge in [-0.15, -0.1) is 0 Å². The lowest BCUT2D eigenvalue weighted by Gasteiger charge is -2.30. The number of allylic oxidation sites excluding steroid dienone is 1. The van der Waals surface area contributed by atoms with E-state index >= 15 is 0 Å². The normalized spacial score (nSPS) is 16.6. The van der Waals surface area contributed by atoms with Gasteiger partial charge in [-0.1, -0.05) is 18.2 Å². The fourth-order valence-electron chi connectivity index (χ4n) is 2.83. The molecule has 26 heavy (non-hydrogen) atoms. The second-order valence-electron chi connectivity index (χ2n) is 5.81. The highest BCUT2D eigenvalue weighted by Gasteiger charge is 2.30. The van der Waals surface area contributed by atoms with E-state index in [1.54, 1.807) is 50.4 Å². The van der Waals surface area contributed by atoms with E-state index in [-0.39, 0.29) is 11.7 Å². The number of ether oxygens (including phenoxy) is 1. The standard InChI is InChI=1S/C19H18FN3O2S/c1-11-16(18(24)22-14-7-4-8-15(10-14)25-2)17(23-19(26)21-11)12-5-3-6-13(20)9-12/h3-10,17H,1-2H3,(H,22,24)(H2,21,23,26)/t17-/m1/s1. The monoisotopic (exact) mass is 371 g/mol. The first-order valence-electron chi connectivity index (χ1n) is 7.97. The summed E-state index contributed by atoms with van der Waals surface area (Å²) in [6, 6.07) is 12.6. The van der Waals surface area contributed by atoms with Crippen molar-refractivity contribution in [1.82, 2.24) is 10.6 Å². The van der Waals surface area contributed by atoms with Crippen LogP contribution < -0.4 is 20.7 Å². The van der Waals surface area contributed by atoms with Crippen molar-refractivity contribution in [2.45, 2.75) is 13.0 Å². The van der Waals surface area contributed by atoms with Gasteiger partial charge in [-0.25, -0.2) is 4.39 Å². The summed E-state index contributed by atoms with van der Waals surface area (Å²) in [6.07, 6.45) is 0. The van der Waals surface area contributed by atoms with Gasteiger partial charge in [-0.2, -0.15) is 0 Å². The zero-order valence-electron chi connectivity index (χ0n) is 14.3. The van der Waals surface area contributed by atoms with Gasteiger partial charge in [0.15, 0.2) is 5.11 Å². The molecular weight excluding hydrogens is 353 g/mol. The van der Waals surface area contributed by atoms with Gasteiger partial charge in [0.2, 0.25) is 0 Å². The van der Waals surface area contributed by atoms with Crippen molar-refractivity contribution in [2.24, 2.45) is 0 Å². The SMILES string of the molecule is COc1cccc(NC(=O)C2=C(C)NC(=S)N[C@@H]2c2cccc(F)c2)c1. The van der Waals surface area contributed by atoms with E-state index in [9.17, 15) is 9.18 Å². The highest BCUT2D eigenvalue weighted by Crippen LogP contribution is 2.28. The molecule has 0 saturated carbocycles. The highest BCUT2D eigenvalue weighted by molar-refractivity contribution is 7.80. The minimum Gasteiger partial charge on any atom is -0.497 e. The number of amides is 1. The minimum absolute atomic E-state index is 0.312. The molecule has 1 heterocycles. The predicted molar refractivity (Wildman–Crippen MR) is 102 cm³/mol. The lowest BCUT2D eigenvalue weighted by atomic mass is 9.95. The molecule has 0 bridgehead atoms. The zero-order chi connectivity index (χ0) is 18.7. The Bertz CT molecular complexity index is 898. The summed E-state index contributed by atoms with van der Waals surface area (Å²) in [5.74, 6) is -0.0530. The van der Waals surface area contributed by atoms with E-state index in [1.165, 1.54) is 12.1 Å². The Morgan fingerprint density at radius 2 is 2.00 bits per heavy atom. The number of anilines is 1. The molecule has 3 rings (SSSR count). The number of carbonyl (C=O) groups excluding carboxylic acids is 1. The molecule has 1 aliphatic rings. The van der Waals surface area contributed by atoms with Gasteiger partial charge in [0, 0.05) is 17.5 Å². The zero-order valence-corrected chi connectivity index (χ0v) is 15.1. The number of halogens is 1. The molecule has 2 aromatic rings. The Labute approximate surface area is 156 Å². The molecule has 0 radical (unpaired) electrons. The molecule has 1 aliphatic heterocycles. The van der Waals surface area contributed by atoms with E-state index in [4.69, 9.17) is 17.0 Å². The van der Waals surface area contributed by atoms with Gasteiger partial charge >= 0.3 is 0 Å². The molecule has 1 amide bonds. The molecule has 134 valence electrons. The maximum Gasteiger partial charge on any atom is 0.255 e. The van der Waals surface area contributed by atoms with Crippen LogP contribution in [-0.2, 0) is 4.79 Å². The lowest BCUT2D eigenvalue weighted by molar-refractivity contribution is -0.113. The van der Waals surface area contributed by atoms with Crippen molar-refractivity contribution in [1.29, 1.82) is 0 Å². The Hall–Kier alpha value is -2.93. The fourth-order valence-corrected chi connectivity index (χ4v) is 3.10. The van der Waals surface area contributed by atoms with Crippen LogP contribution >= 0.6 is 12.2 Å². The van der Waals surface area contributed by atoms with Crippen LogP contribution in [0.2, 0.25) is 0 Å². The van der Waals surface area contributed by atoms with Crippen LogP contribution in [0, 0.1) is 5.82 Å². The van der Waals surface area contributed by atoms with E-state index < -0.39 is 6.04 Å². The summed E-state index contributed by atoms with van der Waals surface area (Å²) in [5.41, 5.74) is 2.26. The number of carbonyl (C=O) groups is 1. The fraction of sp³-hybridized carbons (Fsp3) is 0.158. The number of nitrogens with one attached hydrogen (secondary N) is 3. The van der Waals surface area contributed by atoms with Crippen molar-refractivity contribution >= 4 is 28.9 Å². The Balaban J connectivity index is 1.94. The van der Waals surface area contributed by atoms with Crippen LogP contribution in [0.3, 0.4) is 0 Å². The Kier molecular flexibility index (Phi) is 5.18. The molecular formula is C19H18FN3O2S. The van der Waals surface area contributed by atoms with Crippen molar-refractivity contribution in [3.63, 3.8) is 0 Å². The molecule has 2 aromatic carbocycles. The number of benzene rings is 2. The number of rotatable bonds is 4. The maximum absolute atomic E-state index is 13.7. The molecule has 5 nitrogen and oxygen atoms in total. The molecule has 0 aromatic heterocycles. The first-order chi connectivity index (χ1) is 12.5. The van der Waals surface area contributed by atoms with Crippen LogP contribution in [0.1, 0.15) is 18.5 Å². The second kappa shape index (κ2) is 7.53. The van der Waals surface area contributed by atoms with Gasteiger partial charge in [0.1, 0.15) is 11.6 Å². The summed E-state index contributed by atoms with van der Waals surface area (Å²) in [6.45, 7) is 1.76. The molecule has 3 N–H and O–H groups in total. The van der Waals surface area contributed by atoms with Gasteiger partial charge in [-0.05, 0) is 49.0 Å². The molecule has 1 atom stereocenters. The Morgan fingerprint density at radius 1 is 1.23 bits per heavy atom. The number of hydrogen-bond donors (Lipinski definition) is 3. The van der Waals surface area contributed by atoms with E-state index in [2.05, 4.69) is 16.0 Å². The number of hydrogen-bond acceptors (Lipinski definition) is 3. The van der Waals surface area contributed by atoms with Gasteiger partial charge in [-0.3, -0.25) is 4.79 Å². The average Bonchev–Trinajstić information content (AvgIpc) is 2.61. The molecule has 0 fully saturated rings. The molecule has 0 saturated heterocycles. The molecule has 0 spiro atoms. The van der Waals surface area contributed by atoms with Crippen LogP contribution in [0.25, 0.3) is 0 Å². The summed E-state index contributed by atoms with van der Waals surface area (Å²) in [4.78, 5) is 12.9. The summed E-state index contributed by atoms with van der Waals surface area (Å²) >= 11 is 5.20. The highest BCUT2D eigenvalue weighted by atomic mass is 32.1. The second-order valence-corrected chi connectivity index (χ2v) is 6.22. The largest absolute Gasteiger partial charge is 0.497 e. The van der Waals surface area contributed by atoms with Crippen molar-refractivity contribution in [3.8, 4) is 5.75 Å². The first kappa shape index (κ1) is 17.9. The van der Waals surface area contributed by atoms with E-state index in [0.717, 1.165) is 0 Å². The van der Waals surface area contributed by atoms with Gasteiger partial charge in [0.05, 0.1) is 18.7 Å². The average molecular weight is 371 g/mol. The van der Waals surface area contributed by atoms with E-state index in [0.29, 0.717) is 33.4 Å². The third-order valence-electron chi connectivity index (χ3n) is 4.02. The lowest BCUT2D eigenvalue weighted by Crippen LogP contribution is -2.45. The van der Waals surface area contributed by atoms with Gasteiger partial charge in [0.25, 0.3) is 5.91 Å². The summed E-state index contributed by atoms with van der Waals surface area (Å²) in [7, 11) is 1.56. The van der Waals surface area contributed by atoms with Crippen LogP contribution in [-0.4, -0.2) is 18.1 Å². The van der Waals surface area contributed by atoms with Crippen molar-refractivity contribution in [3.05, 3.63) is 71.2 Å². The quantitative estimate of drug-likeness (QED) is 0.720. The van der Waals surface area contributed by atoms with Crippen LogP contribution in [0.4, 0.5) is 10.1 Å². The third kappa shape index (κ3) is 3.83. The topological polar surface area (TPSA) is 62.4 Å². The third-order valence-corrected chi connectivity index (χ3v) is 4.24. The number of methoxy groups -OCH3 is 1. The predicted octanol–water partition coefficient (Wildman–Crippen LogP) is 3.27. The summed E-state index contributed by atoms with van der Waals surface area (Å²) < 4.78 is 18.8. The van der Waals surface area contributed by atoms with Crippen molar-refractivity contribution in [2.75, 3.05) is 12.4 Å². The summed E-state index contributed by atoms with van der Waals surface area (Å²) in [5, 5.41) is 9.23. The molecule has 7 heteroatoms. The molecule has 0 aliphatic carbocycles. The number of thiocarbonyl (C=S) groups is 1. The minimum atomic E-state index is -0.551. The maximum atomic E-state index is 13.7. The van der Waals surface area contributed by atoms with Crippen molar-refractivity contribution < 1.29 is 13.9 Å². The molecule has 0 unspecified atom stereocenters.